The van der Waals surface area contributed by atoms with Gasteiger partial charge in [0, 0.05) is 0 Å². The van der Waals surface area contributed by atoms with Crippen molar-refractivity contribution in [1.29, 1.82) is 0 Å². The number of benzene rings is 1. The molecule has 0 aliphatic rings. The van der Waals surface area contributed by atoms with E-state index in [4.69, 9.17) is 4.74 Å². The van der Waals surface area contributed by atoms with Crippen LogP contribution in [0.4, 0.5) is 0 Å². The molecule has 56 valence electrons. The lowest BCUT2D eigenvalue weighted by Gasteiger charge is -2.00. The third-order valence-corrected chi connectivity index (χ3v) is 1.31. The van der Waals surface area contributed by atoms with Crippen molar-refractivity contribution in [1.82, 2.24) is 0 Å². The second kappa shape index (κ2) is 4.23. The number of hydrogen-bond donors (Lipinski definition) is 0. The Labute approximate surface area is 68.5 Å². The highest BCUT2D eigenvalue weighted by Gasteiger charge is 1.90. The second-order valence-corrected chi connectivity index (χ2v) is 1.97. The van der Waals surface area contributed by atoms with Gasteiger partial charge in [-0.1, -0.05) is 18.2 Å². The highest BCUT2D eigenvalue weighted by Crippen LogP contribution is 2.14. The molecule has 0 radical (unpaired) electrons. The maximum Gasteiger partial charge on any atom is 0.121 e. The van der Waals surface area contributed by atoms with E-state index in [9.17, 15) is 0 Å². The maximum atomic E-state index is 5.04. The minimum Gasteiger partial charge on any atom is -0.496 e. The van der Waals surface area contributed by atoms with Crippen LogP contribution in [0.1, 0.15) is 5.56 Å². The molecule has 0 saturated carbocycles. The van der Waals surface area contributed by atoms with E-state index in [1.165, 1.54) is 5.56 Å². The van der Waals surface area contributed by atoms with Crippen LogP contribution in [0.25, 0.3) is 0 Å². The van der Waals surface area contributed by atoms with Crippen LogP contribution in [-0.4, -0.2) is 7.11 Å². The van der Waals surface area contributed by atoms with Gasteiger partial charge in [-0.3, -0.25) is 0 Å². The number of methoxy groups -OCH3 is 1. The van der Waals surface area contributed by atoms with E-state index in [2.05, 4.69) is 0 Å². The van der Waals surface area contributed by atoms with E-state index < -0.39 is 0 Å². The SMILES string of the molecule is COc1ccccc1C.S. The van der Waals surface area contributed by atoms with Crippen LogP contribution in [0.15, 0.2) is 24.3 Å². The topological polar surface area (TPSA) is 9.23 Å². The lowest BCUT2D eigenvalue weighted by molar-refractivity contribution is 0.411. The standard InChI is InChI=1S/C8H10O.H2S/c1-7-5-3-4-6-8(7)9-2;/h3-6H,1-2H3;1H2. The van der Waals surface area contributed by atoms with Crippen molar-refractivity contribution in [2.24, 2.45) is 0 Å². The fourth-order valence-electron chi connectivity index (χ4n) is 0.785. The molecule has 2 heteroatoms. The average Bonchev–Trinajstić information content (AvgIpc) is 1.89. The van der Waals surface area contributed by atoms with Gasteiger partial charge in [0.15, 0.2) is 0 Å². The zero-order valence-electron chi connectivity index (χ0n) is 6.22. The number of ether oxygens (including phenoxy) is 1. The van der Waals surface area contributed by atoms with E-state index in [1.807, 2.05) is 31.2 Å². The minimum absolute atomic E-state index is 0. The summed E-state index contributed by atoms with van der Waals surface area (Å²) in [6.45, 7) is 2.03. The Balaban J connectivity index is 0.000000810. The molecule has 0 saturated heterocycles. The third kappa shape index (κ3) is 1.95. The van der Waals surface area contributed by atoms with Crippen LogP contribution in [0.5, 0.6) is 5.75 Å². The predicted molar refractivity (Wildman–Crippen MR) is 48.1 cm³/mol. The summed E-state index contributed by atoms with van der Waals surface area (Å²) in [4.78, 5) is 0. The van der Waals surface area contributed by atoms with E-state index in [1.54, 1.807) is 7.11 Å². The van der Waals surface area contributed by atoms with Gasteiger partial charge in [0.25, 0.3) is 0 Å². The molecule has 0 spiro atoms. The van der Waals surface area contributed by atoms with Gasteiger partial charge in [-0.15, -0.1) is 0 Å². The van der Waals surface area contributed by atoms with Crippen LogP contribution >= 0.6 is 13.5 Å². The average molecular weight is 156 g/mol. The normalized spacial score (nSPS) is 8.20. The number of rotatable bonds is 1. The van der Waals surface area contributed by atoms with Crippen molar-refractivity contribution in [3.63, 3.8) is 0 Å². The first-order chi connectivity index (χ1) is 4.34. The summed E-state index contributed by atoms with van der Waals surface area (Å²) < 4.78 is 5.04. The Morgan fingerprint density at radius 1 is 1.20 bits per heavy atom. The van der Waals surface area contributed by atoms with Gasteiger partial charge >= 0.3 is 0 Å². The first kappa shape index (κ1) is 9.37. The first-order valence-electron chi connectivity index (χ1n) is 2.94. The fourth-order valence-corrected chi connectivity index (χ4v) is 0.785. The van der Waals surface area contributed by atoms with Gasteiger partial charge in [0.2, 0.25) is 0 Å². The van der Waals surface area contributed by atoms with Crippen molar-refractivity contribution in [2.45, 2.75) is 6.92 Å². The fraction of sp³-hybridized carbons (Fsp3) is 0.250. The molecule has 0 aromatic heterocycles. The molecule has 1 aromatic carbocycles. The monoisotopic (exact) mass is 156 g/mol. The highest BCUT2D eigenvalue weighted by molar-refractivity contribution is 7.59. The van der Waals surface area contributed by atoms with Gasteiger partial charge in [0.1, 0.15) is 5.75 Å². The maximum absolute atomic E-state index is 5.04. The van der Waals surface area contributed by atoms with Crippen molar-refractivity contribution < 1.29 is 4.74 Å². The smallest absolute Gasteiger partial charge is 0.121 e. The first-order valence-corrected chi connectivity index (χ1v) is 2.94. The zero-order chi connectivity index (χ0) is 6.69. The second-order valence-electron chi connectivity index (χ2n) is 1.97. The Morgan fingerprint density at radius 2 is 1.80 bits per heavy atom. The van der Waals surface area contributed by atoms with Crippen molar-refractivity contribution in [3.8, 4) is 5.75 Å². The van der Waals surface area contributed by atoms with Crippen LogP contribution in [0, 0.1) is 6.92 Å². The highest BCUT2D eigenvalue weighted by atomic mass is 32.1. The number of aryl methyl sites for hydroxylation is 1. The van der Waals surface area contributed by atoms with E-state index in [-0.39, 0.29) is 13.5 Å². The van der Waals surface area contributed by atoms with Crippen LogP contribution in [0.2, 0.25) is 0 Å². The van der Waals surface area contributed by atoms with Gasteiger partial charge in [-0.05, 0) is 18.6 Å². The van der Waals surface area contributed by atoms with Crippen LogP contribution in [-0.2, 0) is 0 Å². The molecular weight excluding hydrogens is 144 g/mol. The summed E-state index contributed by atoms with van der Waals surface area (Å²) in [5, 5.41) is 0. The van der Waals surface area contributed by atoms with E-state index in [0.717, 1.165) is 5.75 Å². The van der Waals surface area contributed by atoms with Gasteiger partial charge in [-0.2, -0.15) is 13.5 Å². The molecule has 0 heterocycles. The van der Waals surface area contributed by atoms with Crippen molar-refractivity contribution in [2.75, 3.05) is 7.11 Å². The molecule has 0 unspecified atom stereocenters. The summed E-state index contributed by atoms with van der Waals surface area (Å²) in [6.07, 6.45) is 0. The lowest BCUT2D eigenvalue weighted by Crippen LogP contribution is -1.84. The van der Waals surface area contributed by atoms with Crippen molar-refractivity contribution >= 4 is 13.5 Å². The molecule has 10 heavy (non-hydrogen) atoms. The Kier molecular flexibility index (Phi) is 3.96. The van der Waals surface area contributed by atoms with E-state index >= 15 is 0 Å². The summed E-state index contributed by atoms with van der Waals surface area (Å²) in [7, 11) is 1.68. The third-order valence-electron chi connectivity index (χ3n) is 1.31. The summed E-state index contributed by atoms with van der Waals surface area (Å²) in [5.41, 5.74) is 1.18. The van der Waals surface area contributed by atoms with E-state index in [0.29, 0.717) is 0 Å². The van der Waals surface area contributed by atoms with Crippen LogP contribution in [0.3, 0.4) is 0 Å². The van der Waals surface area contributed by atoms with Gasteiger partial charge in [0.05, 0.1) is 7.11 Å². The number of para-hydroxylation sites is 1. The van der Waals surface area contributed by atoms with Crippen LogP contribution < -0.4 is 4.74 Å². The Morgan fingerprint density at radius 3 is 2.20 bits per heavy atom. The summed E-state index contributed by atoms with van der Waals surface area (Å²) >= 11 is 0. The molecule has 1 nitrogen and oxygen atoms in total. The Hall–Kier alpha value is -0.630. The van der Waals surface area contributed by atoms with Gasteiger partial charge in [-0.25, -0.2) is 0 Å². The summed E-state index contributed by atoms with van der Waals surface area (Å²) in [5.74, 6) is 0.956. The largest absolute Gasteiger partial charge is 0.496 e. The quantitative estimate of drug-likeness (QED) is 0.605. The molecule has 1 aromatic rings. The summed E-state index contributed by atoms with van der Waals surface area (Å²) in [6, 6.07) is 7.94. The molecule has 0 N–H and O–H groups in total. The Bertz CT molecular complexity index is 198. The molecule has 1 rings (SSSR count). The zero-order valence-corrected chi connectivity index (χ0v) is 7.22. The molecule has 0 amide bonds. The molecule has 0 atom stereocenters. The van der Waals surface area contributed by atoms with Gasteiger partial charge < -0.3 is 4.74 Å². The molecular formula is C8H12OS. The number of hydrogen-bond acceptors (Lipinski definition) is 1. The van der Waals surface area contributed by atoms with Crippen molar-refractivity contribution in [3.05, 3.63) is 29.8 Å². The molecule has 0 aliphatic heterocycles. The lowest BCUT2D eigenvalue weighted by atomic mass is 10.2. The molecule has 0 bridgehead atoms. The molecule has 0 aliphatic carbocycles. The molecule has 0 fully saturated rings. The predicted octanol–water partition coefficient (Wildman–Crippen LogP) is 2.12. The minimum atomic E-state index is 0.